The van der Waals surface area contributed by atoms with Crippen LogP contribution in [0.2, 0.25) is 0 Å². The van der Waals surface area contributed by atoms with Crippen LogP contribution in [0.1, 0.15) is 44.0 Å². The van der Waals surface area contributed by atoms with Crippen molar-refractivity contribution in [2.45, 2.75) is 33.6 Å². The highest BCUT2D eigenvalue weighted by molar-refractivity contribution is 6.02. The van der Waals surface area contributed by atoms with Crippen LogP contribution in [0, 0.1) is 11.8 Å². The number of hydrogen-bond acceptors (Lipinski definition) is 7. The molecule has 1 N–H and O–H groups in total. The van der Waals surface area contributed by atoms with E-state index < -0.39 is 0 Å². The average molecular weight is 392 g/mol. The van der Waals surface area contributed by atoms with Crippen LogP contribution in [0.15, 0.2) is 17.3 Å². The van der Waals surface area contributed by atoms with Crippen LogP contribution in [0.25, 0.3) is 0 Å². The number of methoxy groups -OCH3 is 2. The predicted molar refractivity (Wildman–Crippen MR) is 104 cm³/mol. The number of ether oxygens (including phenoxy) is 3. The summed E-state index contributed by atoms with van der Waals surface area (Å²) in [6.45, 7) is 6.23. The van der Waals surface area contributed by atoms with Gasteiger partial charge in [-0.1, -0.05) is 12.1 Å². The summed E-state index contributed by atoms with van der Waals surface area (Å²) >= 11 is 0. The van der Waals surface area contributed by atoms with Crippen molar-refractivity contribution in [1.29, 1.82) is 0 Å². The van der Waals surface area contributed by atoms with E-state index >= 15 is 0 Å². The zero-order valence-corrected chi connectivity index (χ0v) is 17.0. The summed E-state index contributed by atoms with van der Waals surface area (Å²) in [6, 6.07) is 3.28. The van der Waals surface area contributed by atoms with Gasteiger partial charge in [0, 0.05) is 32.9 Å². The second-order valence-electron chi connectivity index (χ2n) is 6.90. The number of likely N-dealkylation sites (tertiary alicyclic amines) is 1. The highest BCUT2D eigenvalue weighted by Gasteiger charge is 2.32. The number of carbonyl (C=O) groups is 2. The van der Waals surface area contributed by atoms with Gasteiger partial charge < -0.3 is 24.3 Å². The van der Waals surface area contributed by atoms with Gasteiger partial charge in [-0.3, -0.25) is 9.59 Å². The highest BCUT2D eigenvalue weighted by atomic mass is 16.6. The Morgan fingerprint density at radius 3 is 2.29 bits per heavy atom. The third kappa shape index (κ3) is 4.55. The van der Waals surface area contributed by atoms with Crippen LogP contribution in [0.5, 0.6) is 17.2 Å². The van der Waals surface area contributed by atoms with Gasteiger partial charge in [-0.2, -0.15) is 0 Å². The zero-order valence-electron chi connectivity index (χ0n) is 17.0. The number of amides is 1. The number of nitrogens with zero attached hydrogens (tertiary/aromatic N) is 2. The summed E-state index contributed by atoms with van der Waals surface area (Å²) in [4.78, 5) is 26.6. The Hall–Kier alpha value is -2.77. The normalized spacial score (nSPS) is 16.5. The molecule has 1 aliphatic heterocycles. The molecule has 1 heterocycles. The minimum absolute atomic E-state index is 0.0250. The highest BCUT2D eigenvalue weighted by Crippen LogP contribution is 2.42. The monoisotopic (exact) mass is 392 g/mol. The zero-order chi connectivity index (χ0) is 20.8. The molecule has 0 saturated carbocycles. The number of oxime groups is 1. The standard InChI is InChI=1S/C20H28N2O6/c1-12(15-8-10-22(11-9-15)14(3)23)18(24)16-6-7-17(26-4)20(27-5)19(16)28-13(2)21-25/h6-7,12,15,25H,8-11H2,1-5H3. The van der Waals surface area contributed by atoms with Crippen LogP contribution in [0.3, 0.4) is 0 Å². The number of hydrogen-bond donors (Lipinski definition) is 1. The second kappa shape index (κ2) is 9.43. The maximum absolute atomic E-state index is 13.3. The summed E-state index contributed by atoms with van der Waals surface area (Å²) in [7, 11) is 2.94. The fourth-order valence-corrected chi connectivity index (χ4v) is 3.54. The molecule has 1 aromatic rings. The molecule has 28 heavy (non-hydrogen) atoms. The van der Waals surface area contributed by atoms with Crippen LogP contribution in [-0.4, -0.2) is 55.0 Å². The SMILES string of the molecule is COc1ccc(C(=O)C(C)C2CCN(C(C)=O)CC2)c(OC(C)=NO)c1OC. The predicted octanol–water partition coefficient (Wildman–Crippen LogP) is 2.97. The van der Waals surface area contributed by atoms with Crippen molar-refractivity contribution in [3.63, 3.8) is 0 Å². The molecular formula is C20H28N2O6. The number of Topliss-reactive ketones (excluding diaryl/α,β-unsaturated/α-hetero) is 1. The van der Waals surface area contributed by atoms with E-state index in [0.29, 0.717) is 24.4 Å². The van der Waals surface area contributed by atoms with Gasteiger partial charge >= 0.3 is 0 Å². The first-order chi connectivity index (χ1) is 13.3. The second-order valence-corrected chi connectivity index (χ2v) is 6.90. The molecule has 1 atom stereocenters. The molecule has 1 saturated heterocycles. The number of ketones is 1. The minimum atomic E-state index is -0.263. The lowest BCUT2D eigenvalue weighted by atomic mass is 9.81. The van der Waals surface area contributed by atoms with Gasteiger partial charge in [-0.25, -0.2) is 0 Å². The Morgan fingerprint density at radius 1 is 1.14 bits per heavy atom. The van der Waals surface area contributed by atoms with Crippen LogP contribution in [0.4, 0.5) is 0 Å². The lowest BCUT2D eigenvalue weighted by Gasteiger charge is -2.34. The Kier molecular flexibility index (Phi) is 7.25. The molecule has 0 spiro atoms. The van der Waals surface area contributed by atoms with E-state index in [9.17, 15) is 9.59 Å². The van der Waals surface area contributed by atoms with Gasteiger partial charge in [0.25, 0.3) is 0 Å². The molecule has 1 aliphatic rings. The lowest BCUT2D eigenvalue weighted by Crippen LogP contribution is -2.39. The smallest absolute Gasteiger partial charge is 0.228 e. The molecule has 8 heteroatoms. The molecule has 154 valence electrons. The first-order valence-electron chi connectivity index (χ1n) is 9.25. The summed E-state index contributed by atoms with van der Waals surface area (Å²) in [5, 5.41) is 12.0. The van der Waals surface area contributed by atoms with Gasteiger partial charge in [0.05, 0.1) is 19.8 Å². The van der Waals surface area contributed by atoms with E-state index in [2.05, 4.69) is 5.16 Å². The summed E-state index contributed by atoms with van der Waals surface area (Å²) < 4.78 is 16.3. The molecule has 1 aromatic carbocycles. The van der Waals surface area contributed by atoms with E-state index in [1.807, 2.05) is 6.92 Å². The molecule has 1 fully saturated rings. The first-order valence-corrected chi connectivity index (χ1v) is 9.25. The van der Waals surface area contributed by atoms with E-state index in [1.165, 1.54) is 21.1 Å². The number of rotatable bonds is 6. The van der Waals surface area contributed by atoms with E-state index in [1.54, 1.807) is 24.0 Å². The van der Waals surface area contributed by atoms with E-state index in [4.69, 9.17) is 19.4 Å². The number of carbonyl (C=O) groups excluding carboxylic acids is 2. The third-order valence-electron chi connectivity index (χ3n) is 5.26. The Morgan fingerprint density at radius 2 is 1.79 bits per heavy atom. The minimum Gasteiger partial charge on any atom is -0.493 e. The van der Waals surface area contributed by atoms with E-state index in [0.717, 1.165) is 12.8 Å². The number of piperidine rings is 1. The van der Waals surface area contributed by atoms with Crippen molar-refractivity contribution < 1.29 is 29.0 Å². The number of benzene rings is 1. The van der Waals surface area contributed by atoms with Crippen LogP contribution >= 0.6 is 0 Å². The topological polar surface area (TPSA) is 97.7 Å². The summed E-state index contributed by atoms with van der Waals surface area (Å²) in [5.41, 5.74) is 0.335. The lowest BCUT2D eigenvalue weighted by molar-refractivity contribution is -0.130. The molecule has 1 amide bonds. The third-order valence-corrected chi connectivity index (χ3v) is 5.26. The summed E-state index contributed by atoms with van der Waals surface area (Å²) in [5.74, 6) is 0.669. The van der Waals surface area contributed by atoms with Gasteiger partial charge in [-0.15, -0.1) is 0 Å². The Balaban J connectivity index is 2.32. The Labute approximate surface area is 165 Å². The maximum Gasteiger partial charge on any atom is 0.228 e. The first kappa shape index (κ1) is 21.5. The molecule has 0 bridgehead atoms. The van der Waals surface area contributed by atoms with Crippen molar-refractivity contribution in [2.24, 2.45) is 17.0 Å². The molecule has 2 rings (SSSR count). The maximum atomic E-state index is 13.3. The molecule has 1 unspecified atom stereocenters. The summed E-state index contributed by atoms with van der Waals surface area (Å²) in [6.07, 6.45) is 1.54. The molecular weight excluding hydrogens is 364 g/mol. The van der Waals surface area contributed by atoms with Crippen molar-refractivity contribution in [3.8, 4) is 17.2 Å². The van der Waals surface area contributed by atoms with Crippen molar-refractivity contribution in [1.82, 2.24) is 4.90 Å². The molecule has 0 aromatic heterocycles. The van der Waals surface area contributed by atoms with Gasteiger partial charge in [-0.05, 0) is 30.9 Å². The fraction of sp³-hybridized carbons (Fsp3) is 0.550. The molecule has 0 aliphatic carbocycles. The average Bonchev–Trinajstić information content (AvgIpc) is 2.72. The van der Waals surface area contributed by atoms with Crippen molar-refractivity contribution in [3.05, 3.63) is 17.7 Å². The molecule has 0 radical (unpaired) electrons. The Bertz CT molecular complexity index is 753. The van der Waals surface area contributed by atoms with Gasteiger partial charge in [0.2, 0.25) is 17.6 Å². The fourth-order valence-electron chi connectivity index (χ4n) is 3.54. The van der Waals surface area contributed by atoms with Crippen LogP contribution in [-0.2, 0) is 4.79 Å². The van der Waals surface area contributed by atoms with Gasteiger partial charge in [0.15, 0.2) is 17.3 Å². The van der Waals surface area contributed by atoms with Gasteiger partial charge in [0.1, 0.15) is 0 Å². The van der Waals surface area contributed by atoms with E-state index in [-0.39, 0.29) is 40.9 Å². The van der Waals surface area contributed by atoms with Crippen LogP contribution < -0.4 is 14.2 Å². The molecule has 8 nitrogen and oxygen atoms in total. The largest absolute Gasteiger partial charge is 0.493 e. The quantitative estimate of drug-likeness (QED) is 0.263. The van der Waals surface area contributed by atoms with Crippen molar-refractivity contribution >= 4 is 17.6 Å². The van der Waals surface area contributed by atoms with Crippen molar-refractivity contribution in [2.75, 3.05) is 27.3 Å².